The van der Waals surface area contributed by atoms with E-state index in [-0.39, 0.29) is 0 Å². The molecule has 0 saturated carbocycles. The third-order valence-electron chi connectivity index (χ3n) is 2.96. The zero-order valence-corrected chi connectivity index (χ0v) is 12.6. The number of thioether (sulfide) groups is 1. The molecule has 3 heteroatoms. The van der Waals surface area contributed by atoms with Crippen molar-refractivity contribution in [3.05, 3.63) is 35.4 Å². The van der Waals surface area contributed by atoms with Crippen molar-refractivity contribution in [2.24, 2.45) is 0 Å². The predicted molar refractivity (Wildman–Crippen MR) is 81.1 cm³/mol. The zero-order valence-electron chi connectivity index (χ0n) is 11.7. The molecule has 0 amide bonds. The van der Waals surface area contributed by atoms with E-state index < -0.39 is 0 Å². The minimum absolute atomic E-state index is 0.569. The van der Waals surface area contributed by atoms with E-state index in [1.807, 2.05) is 11.8 Å². The summed E-state index contributed by atoms with van der Waals surface area (Å²) in [6.45, 7) is 6.09. The van der Waals surface area contributed by atoms with Gasteiger partial charge in [0, 0.05) is 19.7 Å². The Balaban J connectivity index is 2.37. The van der Waals surface area contributed by atoms with Crippen molar-refractivity contribution >= 4 is 11.8 Å². The Kier molecular flexibility index (Phi) is 8.14. The van der Waals surface area contributed by atoms with E-state index in [9.17, 15) is 0 Å². The summed E-state index contributed by atoms with van der Waals surface area (Å²) in [6, 6.07) is 9.04. The molecule has 0 bridgehead atoms. The van der Waals surface area contributed by atoms with Crippen LogP contribution in [0.5, 0.6) is 0 Å². The van der Waals surface area contributed by atoms with Gasteiger partial charge in [-0.2, -0.15) is 11.8 Å². The summed E-state index contributed by atoms with van der Waals surface area (Å²) in [5.74, 6) is 2.45. The normalized spacial score (nSPS) is 12.6. The number of ether oxygens (including phenoxy) is 1. The van der Waals surface area contributed by atoms with Crippen molar-refractivity contribution in [2.75, 3.05) is 18.6 Å². The van der Waals surface area contributed by atoms with Gasteiger partial charge >= 0.3 is 0 Å². The Labute approximate surface area is 116 Å². The van der Waals surface area contributed by atoms with Gasteiger partial charge in [-0.15, -0.1) is 0 Å². The van der Waals surface area contributed by atoms with Crippen LogP contribution in [0, 0.1) is 0 Å². The maximum absolute atomic E-state index is 5.22. The van der Waals surface area contributed by atoms with E-state index in [2.05, 4.69) is 43.4 Å². The molecule has 1 N–H and O–H groups in total. The third-order valence-corrected chi connectivity index (χ3v) is 3.89. The maximum atomic E-state index is 5.22. The summed E-state index contributed by atoms with van der Waals surface area (Å²) >= 11 is 2.01. The topological polar surface area (TPSA) is 21.3 Å². The molecule has 1 aromatic carbocycles. The fourth-order valence-electron chi connectivity index (χ4n) is 1.82. The molecular formula is C15H25NOS. The van der Waals surface area contributed by atoms with Crippen molar-refractivity contribution in [1.82, 2.24) is 5.32 Å². The van der Waals surface area contributed by atoms with Crippen LogP contribution in [-0.2, 0) is 17.9 Å². The third kappa shape index (κ3) is 5.89. The molecule has 0 spiro atoms. The minimum atomic E-state index is 0.569. The summed E-state index contributed by atoms with van der Waals surface area (Å²) in [4.78, 5) is 0. The van der Waals surface area contributed by atoms with Gasteiger partial charge in [0.05, 0.1) is 6.61 Å². The second-order valence-corrected chi connectivity index (χ2v) is 5.86. The number of hydrogen-bond donors (Lipinski definition) is 1. The van der Waals surface area contributed by atoms with Crippen molar-refractivity contribution in [3.63, 3.8) is 0 Å². The molecule has 0 aromatic heterocycles. The molecule has 0 radical (unpaired) electrons. The molecule has 0 heterocycles. The minimum Gasteiger partial charge on any atom is -0.380 e. The Hall–Kier alpha value is -0.510. The molecule has 1 rings (SSSR count). The van der Waals surface area contributed by atoms with E-state index in [1.165, 1.54) is 29.1 Å². The Bertz CT molecular complexity index is 330. The SMILES string of the molecule is CCSCCC(C)NCc1ccccc1COC. The van der Waals surface area contributed by atoms with Crippen LogP contribution in [-0.4, -0.2) is 24.7 Å². The van der Waals surface area contributed by atoms with Crippen LogP contribution in [0.25, 0.3) is 0 Å². The van der Waals surface area contributed by atoms with Gasteiger partial charge < -0.3 is 10.1 Å². The lowest BCUT2D eigenvalue weighted by Gasteiger charge is -2.15. The standard InChI is InChI=1S/C15H25NOS/c1-4-18-10-9-13(2)16-11-14-7-5-6-8-15(14)12-17-3/h5-8,13,16H,4,9-12H2,1-3H3. The monoisotopic (exact) mass is 267 g/mol. The Morgan fingerprint density at radius 3 is 2.67 bits per heavy atom. The second-order valence-electron chi connectivity index (χ2n) is 4.47. The molecule has 0 aliphatic rings. The van der Waals surface area contributed by atoms with Gasteiger partial charge in [0.15, 0.2) is 0 Å². The fourth-order valence-corrected chi connectivity index (χ4v) is 2.63. The van der Waals surface area contributed by atoms with Gasteiger partial charge in [-0.1, -0.05) is 31.2 Å². The lowest BCUT2D eigenvalue weighted by atomic mass is 10.1. The summed E-state index contributed by atoms with van der Waals surface area (Å²) in [5, 5.41) is 3.59. The quantitative estimate of drug-likeness (QED) is 0.692. The lowest BCUT2D eigenvalue weighted by Crippen LogP contribution is -2.26. The average Bonchev–Trinajstić information content (AvgIpc) is 2.38. The molecule has 1 atom stereocenters. The predicted octanol–water partition coefficient (Wildman–Crippen LogP) is 3.45. The first kappa shape index (κ1) is 15.5. The first-order chi connectivity index (χ1) is 8.77. The van der Waals surface area contributed by atoms with Gasteiger partial charge in [-0.3, -0.25) is 0 Å². The van der Waals surface area contributed by atoms with Crippen LogP contribution in [0.1, 0.15) is 31.4 Å². The van der Waals surface area contributed by atoms with Crippen molar-refractivity contribution in [1.29, 1.82) is 0 Å². The Morgan fingerprint density at radius 1 is 1.28 bits per heavy atom. The van der Waals surface area contributed by atoms with Crippen LogP contribution < -0.4 is 5.32 Å². The van der Waals surface area contributed by atoms with Crippen LogP contribution in [0.4, 0.5) is 0 Å². The summed E-state index contributed by atoms with van der Waals surface area (Å²) in [5.41, 5.74) is 2.62. The van der Waals surface area contributed by atoms with Gasteiger partial charge in [-0.05, 0) is 36.0 Å². The van der Waals surface area contributed by atoms with Crippen LogP contribution in [0.2, 0.25) is 0 Å². The summed E-state index contributed by atoms with van der Waals surface area (Å²) in [6.07, 6.45) is 1.23. The number of methoxy groups -OCH3 is 1. The lowest BCUT2D eigenvalue weighted by molar-refractivity contribution is 0.184. The zero-order chi connectivity index (χ0) is 13.2. The molecule has 102 valence electrons. The van der Waals surface area contributed by atoms with Crippen LogP contribution in [0.15, 0.2) is 24.3 Å². The van der Waals surface area contributed by atoms with Crippen LogP contribution in [0.3, 0.4) is 0 Å². The molecule has 1 aromatic rings. The van der Waals surface area contributed by atoms with Crippen molar-refractivity contribution in [3.8, 4) is 0 Å². The van der Waals surface area contributed by atoms with E-state index in [4.69, 9.17) is 4.74 Å². The molecule has 2 nitrogen and oxygen atoms in total. The van der Waals surface area contributed by atoms with E-state index in [0.29, 0.717) is 12.6 Å². The van der Waals surface area contributed by atoms with Crippen LogP contribution >= 0.6 is 11.8 Å². The highest BCUT2D eigenvalue weighted by molar-refractivity contribution is 7.99. The number of rotatable bonds is 9. The van der Waals surface area contributed by atoms with E-state index in [0.717, 1.165) is 6.54 Å². The van der Waals surface area contributed by atoms with Gasteiger partial charge in [0.25, 0.3) is 0 Å². The summed E-state index contributed by atoms with van der Waals surface area (Å²) < 4.78 is 5.22. The highest BCUT2D eigenvalue weighted by Crippen LogP contribution is 2.11. The Morgan fingerprint density at radius 2 is 2.00 bits per heavy atom. The van der Waals surface area contributed by atoms with Crippen molar-refractivity contribution in [2.45, 2.75) is 39.5 Å². The van der Waals surface area contributed by atoms with E-state index >= 15 is 0 Å². The highest BCUT2D eigenvalue weighted by Gasteiger charge is 2.04. The largest absolute Gasteiger partial charge is 0.380 e. The second kappa shape index (κ2) is 9.42. The molecular weight excluding hydrogens is 242 g/mol. The number of benzene rings is 1. The molecule has 18 heavy (non-hydrogen) atoms. The first-order valence-electron chi connectivity index (χ1n) is 6.64. The molecule has 0 saturated heterocycles. The summed E-state index contributed by atoms with van der Waals surface area (Å²) in [7, 11) is 1.74. The van der Waals surface area contributed by atoms with E-state index in [1.54, 1.807) is 7.11 Å². The number of nitrogens with one attached hydrogen (secondary N) is 1. The molecule has 0 aliphatic carbocycles. The maximum Gasteiger partial charge on any atom is 0.0716 e. The van der Waals surface area contributed by atoms with Gasteiger partial charge in [-0.25, -0.2) is 0 Å². The fraction of sp³-hybridized carbons (Fsp3) is 0.600. The molecule has 1 unspecified atom stereocenters. The van der Waals surface area contributed by atoms with Crippen molar-refractivity contribution < 1.29 is 4.74 Å². The van der Waals surface area contributed by atoms with Gasteiger partial charge in [0.2, 0.25) is 0 Å². The highest BCUT2D eigenvalue weighted by atomic mass is 32.2. The molecule has 0 aliphatic heterocycles. The molecule has 0 fully saturated rings. The number of hydrogen-bond acceptors (Lipinski definition) is 3. The smallest absolute Gasteiger partial charge is 0.0716 e. The first-order valence-corrected chi connectivity index (χ1v) is 7.80. The average molecular weight is 267 g/mol. The van der Waals surface area contributed by atoms with Gasteiger partial charge in [0.1, 0.15) is 0 Å².